The molecular weight excluding hydrogens is 188 g/mol. The molecule has 1 saturated carbocycles. The highest BCUT2D eigenvalue weighted by Crippen LogP contribution is 2.44. The first-order valence-electron chi connectivity index (χ1n) is 5.37. The van der Waals surface area contributed by atoms with Crippen LogP contribution in [-0.2, 0) is 9.53 Å². The Morgan fingerprint density at radius 3 is 2.33 bits per heavy atom. The van der Waals surface area contributed by atoms with Crippen molar-refractivity contribution in [3.05, 3.63) is 12.2 Å². The predicted molar refractivity (Wildman–Crippen MR) is 61.4 cm³/mol. The molecule has 2 nitrogen and oxygen atoms in total. The minimum Gasteiger partial charge on any atom is -0.460 e. The number of hydrogen-bond acceptors (Lipinski definition) is 2. The number of rotatable bonds is 1. The maximum absolute atomic E-state index is 11.8. The summed E-state index contributed by atoms with van der Waals surface area (Å²) in [6, 6.07) is 0. The van der Waals surface area contributed by atoms with Crippen LogP contribution in [-0.4, -0.2) is 11.6 Å². The lowest BCUT2D eigenvalue weighted by Crippen LogP contribution is -2.30. The molecule has 0 aromatic carbocycles. The van der Waals surface area contributed by atoms with Gasteiger partial charge in [-0.25, -0.2) is 0 Å². The van der Waals surface area contributed by atoms with Crippen molar-refractivity contribution in [2.75, 3.05) is 0 Å². The van der Waals surface area contributed by atoms with Crippen molar-refractivity contribution >= 4 is 5.97 Å². The first-order valence-corrected chi connectivity index (χ1v) is 5.37. The quantitative estimate of drug-likeness (QED) is 0.491. The second kappa shape index (κ2) is 3.99. The summed E-state index contributed by atoms with van der Waals surface area (Å²) in [6.07, 6.45) is 6.58. The molecule has 2 rings (SSSR count). The maximum atomic E-state index is 11.8. The van der Waals surface area contributed by atoms with Crippen LogP contribution in [0.2, 0.25) is 0 Å². The third kappa shape index (κ3) is 2.61. The number of hydrogen-bond donors (Lipinski definition) is 0. The molecule has 0 amide bonds. The van der Waals surface area contributed by atoms with Gasteiger partial charge in [0, 0.05) is 0 Å². The molecule has 2 aliphatic rings. The fourth-order valence-corrected chi connectivity index (χ4v) is 2.43. The van der Waals surface area contributed by atoms with Crippen molar-refractivity contribution in [3.63, 3.8) is 0 Å². The first-order chi connectivity index (χ1) is 6.46. The van der Waals surface area contributed by atoms with Crippen molar-refractivity contribution in [1.29, 1.82) is 0 Å². The maximum Gasteiger partial charge on any atom is 0.310 e. The van der Waals surface area contributed by atoms with E-state index in [1.807, 2.05) is 20.8 Å². The SMILES string of the molecule is C.CC(C)(C)OC(=O)C1CC2C=CC1C2. The van der Waals surface area contributed by atoms with Gasteiger partial charge in [0.15, 0.2) is 0 Å². The Hall–Kier alpha value is -0.790. The Balaban J connectivity index is 0.00000112. The summed E-state index contributed by atoms with van der Waals surface area (Å²) in [7, 11) is 0. The molecule has 0 aliphatic heterocycles. The van der Waals surface area contributed by atoms with Gasteiger partial charge in [-0.2, -0.15) is 0 Å². The molecule has 2 heteroatoms. The monoisotopic (exact) mass is 210 g/mol. The highest BCUT2D eigenvalue weighted by molar-refractivity contribution is 5.74. The van der Waals surface area contributed by atoms with Crippen LogP contribution in [0.25, 0.3) is 0 Å². The smallest absolute Gasteiger partial charge is 0.310 e. The third-order valence-electron chi connectivity index (χ3n) is 2.99. The number of allylic oxidation sites excluding steroid dienone is 2. The molecule has 0 aromatic rings. The van der Waals surface area contributed by atoms with Gasteiger partial charge in [0.05, 0.1) is 5.92 Å². The highest BCUT2D eigenvalue weighted by Gasteiger charge is 2.41. The molecule has 0 saturated heterocycles. The van der Waals surface area contributed by atoms with Crippen LogP contribution in [0.5, 0.6) is 0 Å². The largest absolute Gasteiger partial charge is 0.460 e. The van der Waals surface area contributed by atoms with E-state index in [1.165, 1.54) is 0 Å². The molecule has 3 atom stereocenters. The normalized spacial score (nSPS) is 32.6. The van der Waals surface area contributed by atoms with E-state index in [9.17, 15) is 4.79 Å². The topological polar surface area (TPSA) is 26.3 Å². The summed E-state index contributed by atoms with van der Waals surface area (Å²) >= 11 is 0. The number of carbonyl (C=O) groups is 1. The van der Waals surface area contributed by atoms with Crippen molar-refractivity contribution in [2.45, 2.75) is 46.6 Å². The van der Waals surface area contributed by atoms with E-state index in [0.717, 1.165) is 12.8 Å². The molecule has 2 aliphatic carbocycles. The fraction of sp³-hybridized carbons (Fsp3) is 0.769. The molecule has 86 valence electrons. The molecule has 2 bridgehead atoms. The van der Waals surface area contributed by atoms with Crippen LogP contribution in [0.3, 0.4) is 0 Å². The van der Waals surface area contributed by atoms with E-state index in [-0.39, 0.29) is 24.9 Å². The fourth-order valence-electron chi connectivity index (χ4n) is 2.43. The molecule has 0 heterocycles. The van der Waals surface area contributed by atoms with E-state index in [0.29, 0.717) is 11.8 Å². The zero-order valence-electron chi connectivity index (χ0n) is 9.12. The van der Waals surface area contributed by atoms with Crippen molar-refractivity contribution in [2.24, 2.45) is 17.8 Å². The Morgan fingerprint density at radius 2 is 1.93 bits per heavy atom. The third-order valence-corrected chi connectivity index (χ3v) is 2.99. The Labute approximate surface area is 92.7 Å². The minimum absolute atomic E-state index is 0. The van der Waals surface area contributed by atoms with Gasteiger partial charge in [-0.1, -0.05) is 19.6 Å². The molecule has 3 unspecified atom stereocenters. The molecule has 0 N–H and O–H groups in total. The van der Waals surface area contributed by atoms with Crippen molar-refractivity contribution in [3.8, 4) is 0 Å². The molecular formula is C13H22O2. The average molecular weight is 210 g/mol. The van der Waals surface area contributed by atoms with Gasteiger partial charge < -0.3 is 4.74 Å². The number of esters is 1. The van der Waals surface area contributed by atoms with Crippen molar-refractivity contribution < 1.29 is 9.53 Å². The zero-order valence-corrected chi connectivity index (χ0v) is 9.12. The van der Waals surface area contributed by atoms with Gasteiger partial charge >= 0.3 is 5.97 Å². The summed E-state index contributed by atoms with van der Waals surface area (Å²) in [6.45, 7) is 5.77. The van der Waals surface area contributed by atoms with E-state index < -0.39 is 0 Å². The standard InChI is InChI=1S/C12H18O2.CH4/c1-12(2,3)14-11(13)10-7-8-4-5-9(10)6-8;/h4-5,8-10H,6-7H2,1-3H3;1H4. The Morgan fingerprint density at radius 1 is 1.27 bits per heavy atom. The van der Waals surface area contributed by atoms with Crippen LogP contribution in [0.15, 0.2) is 12.2 Å². The Kier molecular flexibility index (Phi) is 3.27. The Bertz CT molecular complexity index is 273. The summed E-state index contributed by atoms with van der Waals surface area (Å²) in [5.74, 6) is 1.21. The van der Waals surface area contributed by atoms with Gasteiger partial charge in [-0.15, -0.1) is 0 Å². The van der Waals surface area contributed by atoms with Gasteiger partial charge in [0.25, 0.3) is 0 Å². The number of fused-ring (bicyclic) bond motifs is 2. The average Bonchev–Trinajstić information content (AvgIpc) is 2.59. The molecule has 15 heavy (non-hydrogen) atoms. The van der Waals surface area contributed by atoms with Gasteiger partial charge in [-0.3, -0.25) is 4.79 Å². The summed E-state index contributed by atoms with van der Waals surface area (Å²) < 4.78 is 5.40. The molecule has 1 fully saturated rings. The van der Waals surface area contributed by atoms with Crippen LogP contribution in [0.1, 0.15) is 41.0 Å². The van der Waals surface area contributed by atoms with Gasteiger partial charge in [-0.05, 0) is 45.4 Å². The van der Waals surface area contributed by atoms with E-state index in [1.54, 1.807) is 0 Å². The van der Waals surface area contributed by atoms with Crippen LogP contribution in [0.4, 0.5) is 0 Å². The number of ether oxygens (including phenoxy) is 1. The summed E-state index contributed by atoms with van der Waals surface area (Å²) in [5.41, 5.74) is -0.345. The highest BCUT2D eigenvalue weighted by atomic mass is 16.6. The lowest BCUT2D eigenvalue weighted by Gasteiger charge is -2.24. The predicted octanol–water partition coefficient (Wildman–Crippen LogP) is 3.18. The zero-order chi connectivity index (χ0) is 10.3. The number of carbonyl (C=O) groups excluding carboxylic acids is 1. The molecule has 0 aromatic heterocycles. The minimum atomic E-state index is -0.345. The van der Waals surface area contributed by atoms with Crippen LogP contribution < -0.4 is 0 Å². The first kappa shape index (κ1) is 12.3. The lowest BCUT2D eigenvalue weighted by atomic mass is 9.93. The van der Waals surface area contributed by atoms with Crippen LogP contribution in [0, 0.1) is 17.8 Å². The second-order valence-corrected chi connectivity index (χ2v) is 5.42. The van der Waals surface area contributed by atoms with E-state index in [2.05, 4.69) is 12.2 Å². The summed E-state index contributed by atoms with van der Waals surface area (Å²) in [4.78, 5) is 11.8. The van der Waals surface area contributed by atoms with Crippen LogP contribution >= 0.6 is 0 Å². The van der Waals surface area contributed by atoms with Gasteiger partial charge in [0.1, 0.15) is 5.60 Å². The van der Waals surface area contributed by atoms with Crippen molar-refractivity contribution in [1.82, 2.24) is 0 Å². The van der Waals surface area contributed by atoms with E-state index >= 15 is 0 Å². The second-order valence-electron chi connectivity index (χ2n) is 5.42. The lowest BCUT2D eigenvalue weighted by molar-refractivity contribution is -0.160. The molecule has 0 spiro atoms. The summed E-state index contributed by atoms with van der Waals surface area (Å²) in [5, 5.41) is 0. The van der Waals surface area contributed by atoms with E-state index in [4.69, 9.17) is 4.74 Å². The molecule has 0 radical (unpaired) electrons. The van der Waals surface area contributed by atoms with Gasteiger partial charge in [0.2, 0.25) is 0 Å².